The Morgan fingerprint density at radius 2 is 1.96 bits per heavy atom. The van der Waals surface area contributed by atoms with E-state index < -0.39 is 18.1 Å². The fraction of sp³-hybridized carbons (Fsp3) is 0.556. The highest BCUT2D eigenvalue weighted by molar-refractivity contribution is 6.18. The first kappa shape index (κ1) is 21.4. The maximum Gasteiger partial charge on any atom is 0.328 e. The molecule has 0 fully saturated rings. The van der Waals surface area contributed by atoms with Crippen molar-refractivity contribution in [3.8, 4) is 0 Å². The van der Waals surface area contributed by atoms with Gasteiger partial charge in [-0.1, -0.05) is 43.7 Å². The zero-order valence-corrected chi connectivity index (χ0v) is 15.7. The molecule has 1 aromatic rings. The van der Waals surface area contributed by atoms with Crippen molar-refractivity contribution in [2.75, 3.05) is 19.0 Å². The quantitative estimate of drug-likeness (QED) is 0.269. The van der Waals surface area contributed by atoms with E-state index in [1.54, 1.807) is 6.92 Å². The van der Waals surface area contributed by atoms with Crippen LogP contribution in [0.1, 0.15) is 32.3 Å². The Kier molecular flexibility index (Phi) is 10.1. The molecule has 0 saturated heterocycles. The van der Waals surface area contributed by atoms with Crippen molar-refractivity contribution in [1.29, 1.82) is 0 Å². The monoisotopic (exact) mass is 369 g/mol. The fourth-order valence-electron chi connectivity index (χ4n) is 2.50. The van der Waals surface area contributed by atoms with E-state index in [9.17, 15) is 9.59 Å². The zero-order valence-electron chi connectivity index (χ0n) is 14.9. The van der Waals surface area contributed by atoms with Crippen LogP contribution in [0.2, 0.25) is 0 Å². The molecule has 0 radical (unpaired) electrons. The van der Waals surface area contributed by atoms with Crippen LogP contribution in [-0.2, 0) is 20.7 Å². The number of amides is 1. The van der Waals surface area contributed by atoms with Gasteiger partial charge in [0.1, 0.15) is 12.1 Å². The molecule has 7 heteroatoms. The van der Waals surface area contributed by atoms with Gasteiger partial charge in [-0.3, -0.25) is 10.6 Å². The highest BCUT2D eigenvalue weighted by atomic mass is 35.5. The number of hydrogen-bond donors (Lipinski definition) is 2. The zero-order chi connectivity index (χ0) is 18.7. The highest BCUT2D eigenvalue weighted by Gasteiger charge is 2.28. The van der Waals surface area contributed by atoms with Gasteiger partial charge in [-0.15, -0.1) is 11.6 Å². The van der Waals surface area contributed by atoms with Gasteiger partial charge >= 0.3 is 5.97 Å². The third kappa shape index (κ3) is 7.42. The lowest BCUT2D eigenvalue weighted by Gasteiger charge is -2.28. The van der Waals surface area contributed by atoms with Crippen molar-refractivity contribution in [3.63, 3.8) is 0 Å². The SMILES string of the molecule is CCC[C@H](NC(=O)[C@H](Cc1ccccc1)N(N)CCCl)C(=O)OCC. The third-order valence-electron chi connectivity index (χ3n) is 3.78. The largest absolute Gasteiger partial charge is 0.464 e. The minimum Gasteiger partial charge on any atom is -0.464 e. The molecule has 1 rings (SSSR count). The summed E-state index contributed by atoms with van der Waals surface area (Å²) < 4.78 is 5.04. The number of rotatable bonds is 11. The molecular weight excluding hydrogens is 342 g/mol. The van der Waals surface area contributed by atoms with Gasteiger partial charge in [-0.05, 0) is 25.3 Å². The van der Waals surface area contributed by atoms with Crippen LogP contribution in [0.5, 0.6) is 0 Å². The van der Waals surface area contributed by atoms with Crippen molar-refractivity contribution in [2.45, 2.75) is 45.2 Å². The van der Waals surface area contributed by atoms with Gasteiger partial charge in [0.2, 0.25) is 5.91 Å². The molecule has 140 valence electrons. The topological polar surface area (TPSA) is 84.7 Å². The predicted molar refractivity (Wildman–Crippen MR) is 99.0 cm³/mol. The average Bonchev–Trinajstić information content (AvgIpc) is 2.60. The van der Waals surface area contributed by atoms with Crippen molar-refractivity contribution < 1.29 is 14.3 Å². The van der Waals surface area contributed by atoms with Crippen LogP contribution in [0.25, 0.3) is 0 Å². The molecule has 0 aromatic heterocycles. The number of esters is 1. The van der Waals surface area contributed by atoms with E-state index >= 15 is 0 Å². The number of carbonyl (C=O) groups is 2. The second-order valence-electron chi connectivity index (χ2n) is 5.73. The molecule has 0 aliphatic carbocycles. The first-order valence-electron chi connectivity index (χ1n) is 8.61. The molecule has 2 atom stereocenters. The van der Waals surface area contributed by atoms with E-state index in [4.69, 9.17) is 22.2 Å². The molecule has 25 heavy (non-hydrogen) atoms. The molecule has 6 nitrogen and oxygen atoms in total. The van der Waals surface area contributed by atoms with Gasteiger partial charge in [0.15, 0.2) is 0 Å². The van der Waals surface area contributed by atoms with Crippen molar-refractivity contribution >= 4 is 23.5 Å². The van der Waals surface area contributed by atoms with Crippen LogP contribution in [-0.4, -0.2) is 48.0 Å². The van der Waals surface area contributed by atoms with Crippen LogP contribution in [0.4, 0.5) is 0 Å². The maximum atomic E-state index is 12.8. The Hall–Kier alpha value is -1.63. The van der Waals surface area contributed by atoms with Gasteiger partial charge in [0, 0.05) is 12.4 Å². The number of nitrogens with one attached hydrogen (secondary N) is 1. The molecule has 0 aliphatic heterocycles. The van der Waals surface area contributed by atoms with E-state index in [0.717, 1.165) is 12.0 Å². The van der Waals surface area contributed by atoms with E-state index in [2.05, 4.69) is 5.32 Å². The van der Waals surface area contributed by atoms with Crippen LogP contribution in [0.15, 0.2) is 30.3 Å². The Labute approximate surface area is 154 Å². The fourth-order valence-corrected chi connectivity index (χ4v) is 2.69. The summed E-state index contributed by atoms with van der Waals surface area (Å²) in [5.74, 6) is 5.62. The van der Waals surface area contributed by atoms with Gasteiger partial charge in [0.25, 0.3) is 0 Å². The normalized spacial score (nSPS) is 13.3. The number of carbonyl (C=O) groups excluding carboxylic acids is 2. The Bertz CT molecular complexity index is 528. The number of ether oxygens (including phenoxy) is 1. The van der Waals surface area contributed by atoms with Crippen molar-refractivity contribution in [2.24, 2.45) is 5.84 Å². The molecule has 0 saturated carbocycles. The minimum absolute atomic E-state index is 0.275. The third-order valence-corrected chi connectivity index (χ3v) is 3.95. The summed E-state index contributed by atoms with van der Waals surface area (Å²) in [6.45, 7) is 4.33. The Morgan fingerprint density at radius 3 is 2.52 bits per heavy atom. The summed E-state index contributed by atoms with van der Waals surface area (Å²) in [6.07, 6.45) is 1.70. The minimum atomic E-state index is -0.667. The second kappa shape index (κ2) is 11.8. The van der Waals surface area contributed by atoms with Gasteiger partial charge < -0.3 is 10.1 Å². The van der Waals surface area contributed by atoms with Gasteiger partial charge in [0.05, 0.1) is 6.61 Å². The second-order valence-corrected chi connectivity index (χ2v) is 6.11. The van der Waals surface area contributed by atoms with Crippen LogP contribution in [0, 0.1) is 0 Å². The molecule has 0 spiro atoms. The summed E-state index contributed by atoms with van der Waals surface area (Å²) >= 11 is 5.77. The average molecular weight is 370 g/mol. The number of hydrogen-bond acceptors (Lipinski definition) is 5. The van der Waals surface area contributed by atoms with Crippen LogP contribution >= 0.6 is 11.6 Å². The number of halogens is 1. The first-order valence-corrected chi connectivity index (χ1v) is 9.15. The number of hydrazine groups is 1. The van der Waals surface area contributed by atoms with Crippen LogP contribution < -0.4 is 11.2 Å². The molecule has 0 aliphatic rings. The van der Waals surface area contributed by atoms with Crippen molar-refractivity contribution in [3.05, 3.63) is 35.9 Å². The number of benzene rings is 1. The maximum absolute atomic E-state index is 12.8. The lowest BCUT2D eigenvalue weighted by Crippen LogP contribution is -2.55. The lowest BCUT2D eigenvalue weighted by atomic mass is 10.0. The van der Waals surface area contributed by atoms with Gasteiger partial charge in [-0.25, -0.2) is 9.80 Å². The number of nitrogens with two attached hydrogens (primary N) is 1. The first-order chi connectivity index (χ1) is 12.0. The Balaban J connectivity index is 2.87. The summed E-state index contributed by atoms with van der Waals surface area (Å²) in [6, 6.07) is 8.31. The highest BCUT2D eigenvalue weighted by Crippen LogP contribution is 2.09. The summed E-state index contributed by atoms with van der Waals surface area (Å²) in [7, 11) is 0. The summed E-state index contributed by atoms with van der Waals surface area (Å²) in [5, 5.41) is 4.20. The standard InChI is InChI=1S/C18H28ClN3O3/c1-3-8-15(18(24)25-4-2)21-17(23)16(22(20)12-11-19)13-14-9-6-5-7-10-14/h5-7,9-10,15-16H,3-4,8,11-13,20H2,1-2H3,(H,21,23)/t15-,16-/m0/s1. The van der Waals surface area contributed by atoms with E-state index in [0.29, 0.717) is 25.3 Å². The van der Waals surface area contributed by atoms with Crippen molar-refractivity contribution in [1.82, 2.24) is 10.3 Å². The molecule has 0 heterocycles. The summed E-state index contributed by atoms with van der Waals surface area (Å²) in [4.78, 5) is 24.8. The van der Waals surface area contributed by atoms with E-state index in [1.807, 2.05) is 37.3 Å². The molecule has 1 amide bonds. The van der Waals surface area contributed by atoms with Gasteiger partial charge in [-0.2, -0.15) is 0 Å². The predicted octanol–water partition coefficient (Wildman–Crippen LogP) is 1.86. The lowest BCUT2D eigenvalue weighted by molar-refractivity contribution is -0.148. The van der Waals surface area contributed by atoms with E-state index in [1.165, 1.54) is 5.01 Å². The van der Waals surface area contributed by atoms with Crippen LogP contribution in [0.3, 0.4) is 0 Å². The van der Waals surface area contributed by atoms with E-state index in [-0.39, 0.29) is 12.5 Å². The Morgan fingerprint density at radius 1 is 1.28 bits per heavy atom. The molecule has 0 bridgehead atoms. The molecule has 0 unspecified atom stereocenters. The summed E-state index contributed by atoms with van der Waals surface area (Å²) in [5.41, 5.74) is 0.982. The number of alkyl halides is 1. The molecule has 1 aromatic carbocycles. The smallest absolute Gasteiger partial charge is 0.328 e. The molecule has 3 N–H and O–H groups in total. The number of nitrogens with zero attached hydrogens (tertiary/aromatic N) is 1. The molecular formula is C18H28ClN3O3.